The fourth-order valence-corrected chi connectivity index (χ4v) is 3.08. The van der Waals surface area contributed by atoms with Gasteiger partial charge >= 0.3 is 0 Å². The second kappa shape index (κ2) is 5.88. The molecule has 3 nitrogen and oxygen atoms in total. The van der Waals surface area contributed by atoms with Gasteiger partial charge in [0.2, 0.25) is 0 Å². The summed E-state index contributed by atoms with van der Waals surface area (Å²) in [5.74, 6) is 0.361. The lowest BCUT2D eigenvalue weighted by molar-refractivity contribution is 0.122. The summed E-state index contributed by atoms with van der Waals surface area (Å²) in [6, 6.07) is 5.26. The molecule has 104 valence electrons. The molecule has 0 aliphatic carbocycles. The van der Waals surface area contributed by atoms with Crippen LogP contribution >= 0.6 is 0 Å². The van der Waals surface area contributed by atoms with E-state index in [1.165, 1.54) is 11.3 Å². The van der Waals surface area contributed by atoms with Crippen LogP contribution in [0.1, 0.15) is 24.3 Å². The van der Waals surface area contributed by atoms with E-state index < -0.39 is 0 Å². The summed E-state index contributed by atoms with van der Waals surface area (Å²) < 4.78 is 19.0. The SMILES string of the molecule is Fc1ccc(N2CCOCC2)c(C2CCNCC2)c1. The molecule has 0 spiro atoms. The number of rotatable bonds is 2. The van der Waals surface area contributed by atoms with Gasteiger partial charge < -0.3 is 15.0 Å². The van der Waals surface area contributed by atoms with Gasteiger partial charge in [-0.05, 0) is 55.6 Å². The number of nitrogens with zero attached hydrogens (tertiary/aromatic N) is 1. The highest BCUT2D eigenvalue weighted by Crippen LogP contribution is 2.34. The normalized spacial score (nSPS) is 21.6. The first-order chi connectivity index (χ1) is 9.34. The first-order valence-corrected chi connectivity index (χ1v) is 7.17. The Morgan fingerprint density at radius 3 is 2.63 bits per heavy atom. The van der Waals surface area contributed by atoms with Gasteiger partial charge in [0.25, 0.3) is 0 Å². The number of anilines is 1. The summed E-state index contributed by atoms with van der Waals surface area (Å²) in [7, 11) is 0. The molecule has 0 radical (unpaired) electrons. The first kappa shape index (κ1) is 12.9. The number of morpholine rings is 1. The summed E-state index contributed by atoms with van der Waals surface area (Å²) in [6.45, 7) is 5.41. The first-order valence-electron chi connectivity index (χ1n) is 7.17. The van der Waals surface area contributed by atoms with Crippen LogP contribution in [0.2, 0.25) is 0 Å². The van der Waals surface area contributed by atoms with Gasteiger partial charge in [0.1, 0.15) is 5.82 Å². The number of hydrogen-bond donors (Lipinski definition) is 1. The van der Waals surface area contributed by atoms with Crippen molar-refractivity contribution in [3.63, 3.8) is 0 Å². The van der Waals surface area contributed by atoms with Crippen LogP contribution in [0, 0.1) is 5.82 Å². The third-order valence-electron chi connectivity index (χ3n) is 4.12. The molecule has 0 saturated carbocycles. The average molecular weight is 264 g/mol. The number of ether oxygens (including phenoxy) is 1. The zero-order valence-corrected chi connectivity index (χ0v) is 11.2. The summed E-state index contributed by atoms with van der Waals surface area (Å²) in [4.78, 5) is 2.33. The lowest BCUT2D eigenvalue weighted by atomic mass is 9.88. The minimum Gasteiger partial charge on any atom is -0.378 e. The Labute approximate surface area is 113 Å². The van der Waals surface area contributed by atoms with Crippen LogP contribution < -0.4 is 10.2 Å². The molecule has 0 aromatic heterocycles. The molecule has 19 heavy (non-hydrogen) atoms. The van der Waals surface area contributed by atoms with E-state index >= 15 is 0 Å². The maximum atomic E-state index is 13.6. The Bertz CT molecular complexity index is 426. The molecule has 1 N–H and O–H groups in total. The van der Waals surface area contributed by atoms with Gasteiger partial charge in [0, 0.05) is 18.8 Å². The van der Waals surface area contributed by atoms with E-state index in [4.69, 9.17) is 4.74 Å². The van der Waals surface area contributed by atoms with Crippen molar-refractivity contribution in [1.82, 2.24) is 5.32 Å². The Hall–Kier alpha value is -1.13. The largest absolute Gasteiger partial charge is 0.378 e. The predicted molar refractivity (Wildman–Crippen MR) is 74.3 cm³/mol. The average Bonchev–Trinajstić information content (AvgIpc) is 2.49. The standard InChI is InChI=1S/C15H21FN2O/c16-13-1-2-15(18-7-9-19-10-8-18)14(11-13)12-3-5-17-6-4-12/h1-2,11-12,17H,3-10H2. The lowest BCUT2D eigenvalue weighted by Gasteiger charge is -2.33. The molecule has 2 fully saturated rings. The van der Waals surface area contributed by atoms with Gasteiger partial charge in [-0.15, -0.1) is 0 Å². The number of piperidine rings is 1. The van der Waals surface area contributed by atoms with Crippen molar-refractivity contribution in [3.05, 3.63) is 29.6 Å². The third kappa shape index (κ3) is 2.90. The number of hydrogen-bond acceptors (Lipinski definition) is 3. The van der Waals surface area contributed by atoms with Crippen LogP contribution in [0.5, 0.6) is 0 Å². The van der Waals surface area contributed by atoms with Crippen LogP contribution in [0.3, 0.4) is 0 Å². The van der Waals surface area contributed by atoms with Crippen molar-refractivity contribution in [1.29, 1.82) is 0 Å². The molecule has 0 atom stereocenters. The fourth-order valence-electron chi connectivity index (χ4n) is 3.08. The zero-order valence-electron chi connectivity index (χ0n) is 11.2. The van der Waals surface area contributed by atoms with Gasteiger partial charge in [0.05, 0.1) is 13.2 Å². The maximum Gasteiger partial charge on any atom is 0.123 e. The predicted octanol–water partition coefficient (Wildman–Crippen LogP) is 2.13. The molecule has 1 aromatic carbocycles. The van der Waals surface area contributed by atoms with Crippen LogP contribution in [-0.4, -0.2) is 39.4 Å². The van der Waals surface area contributed by atoms with E-state index in [1.807, 2.05) is 6.07 Å². The van der Waals surface area contributed by atoms with Crippen LogP contribution in [-0.2, 0) is 4.74 Å². The monoisotopic (exact) mass is 264 g/mol. The van der Waals surface area contributed by atoms with Gasteiger partial charge in [-0.1, -0.05) is 0 Å². The lowest BCUT2D eigenvalue weighted by Crippen LogP contribution is -2.37. The number of halogens is 1. The molecule has 0 amide bonds. The summed E-state index contributed by atoms with van der Waals surface area (Å²) in [5, 5.41) is 3.37. The minimum atomic E-state index is -0.120. The molecule has 2 aliphatic heterocycles. The van der Waals surface area contributed by atoms with Gasteiger partial charge in [-0.3, -0.25) is 0 Å². The third-order valence-corrected chi connectivity index (χ3v) is 4.12. The summed E-state index contributed by atoms with van der Waals surface area (Å²) in [5.41, 5.74) is 2.39. The van der Waals surface area contributed by atoms with E-state index in [9.17, 15) is 4.39 Å². The number of benzene rings is 1. The molecule has 2 saturated heterocycles. The molecule has 4 heteroatoms. The molecule has 3 rings (SSSR count). The van der Waals surface area contributed by atoms with Crippen molar-refractivity contribution < 1.29 is 9.13 Å². The summed E-state index contributed by atoms with van der Waals surface area (Å²) in [6.07, 6.45) is 2.20. The van der Waals surface area contributed by atoms with Crippen molar-refractivity contribution in [2.75, 3.05) is 44.3 Å². The van der Waals surface area contributed by atoms with E-state index in [1.54, 1.807) is 12.1 Å². The topological polar surface area (TPSA) is 24.5 Å². The highest BCUT2D eigenvalue weighted by Gasteiger charge is 2.22. The molecule has 1 aromatic rings. The molecule has 2 heterocycles. The molecule has 0 bridgehead atoms. The van der Waals surface area contributed by atoms with Gasteiger partial charge in [0.15, 0.2) is 0 Å². The Balaban J connectivity index is 1.88. The van der Waals surface area contributed by atoms with Gasteiger partial charge in [-0.2, -0.15) is 0 Å². The van der Waals surface area contributed by atoms with Crippen LogP contribution in [0.4, 0.5) is 10.1 Å². The van der Waals surface area contributed by atoms with E-state index in [-0.39, 0.29) is 5.82 Å². The molecular weight excluding hydrogens is 243 g/mol. The number of nitrogens with one attached hydrogen (secondary N) is 1. The molecule has 2 aliphatic rings. The van der Waals surface area contributed by atoms with E-state index in [0.717, 1.165) is 52.2 Å². The van der Waals surface area contributed by atoms with Crippen LogP contribution in [0.25, 0.3) is 0 Å². The van der Waals surface area contributed by atoms with Crippen molar-refractivity contribution in [2.45, 2.75) is 18.8 Å². The smallest absolute Gasteiger partial charge is 0.123 e. The Kier molecular flexibility index (Phi) is 3.99. The van der Waals surface area contributed by atoms with Crippen molar-refractivity contribution in [2.24, 2.45) is 0 Å². The Morgan fingerprint density at radius 1 is 1.16 bits per heavy atom. The van der Waals surface area contributed by atoms with Gasteiger partial charge in [-0.25, -0.2) is 4.39 Å². The fraction of sp³-hybridized carbons (Fsp3) is 0.600. The van der Waals surface area contributed by atoms with Crippen molar-refractivity contribution >= 4 is 5.69 Å². The second-order valence-electron chi connectivity index (χ2n) is 5.33. The zero-order chi connectivity index (χ0) is 13.1. The van der Waals surface area contributed by atoms with Crippen molar-refractivity contribution in [3.8, 4) is 0 Å². The minimum absolute atomic E-state index is 0.120. The maximum absolute atomic E-state index is 13.6. The van der Waals surface area contributed by atoms with Crippen LogP contribution in [0.15, 0.2) is 18.2 Å². The highest BCUT2D eigenvalue weighted by atomic mass is 19.1. The second-order valence-corrected chi connectivity index (χ2v) is 5.33. The highest BCUT2D eigenvalue weighted by molar-refractivity contribution is 5.56. The Morgan fingerprint density at radius 2 is 1.89 bits per heavy atom. The molecular formula is C15H21FN2O. The molecule has 0 unspecified atom stereocenters. The van der Waals surface area contributed by atoms with E-state index in [0.29, 0.717) is 5.92 Å². The quantitative estimate of drug-likeness (QED) is 0.885. The summed E-state index contributed by atoms with van der Waals surface area (Å²) >= 11 is 0. The van der Waals surface area contributed by atoms with E-state index in [2.05, 4.69) is 10.2 Å².